The normalized spacial score (nSPS) is 15.1. The number of hydrogen-bond donors (Lipinski definition) is 3. The Morgan fingerprint density at radius 3 is 2.08 bits per heavy atom. The van der Waals surface area contributed by atoms with E-state index in [-0.39, 0.29) is 29.0 Å². The van der Waals surface area contributed by atoms with Crippen molar-refractivity contribution >= 4 is 33.4 Å². The monoisotopic (exact) mass is 534 g/mol. The molecule has 0 aliphatic carbocycles. The highest BCUT2D eigenvalue weighted by Crippen LogP contribution is 2.20. The van der Waals surface area contributed by atoms with Gasteiger partial charge in [-0.05, 0) is 43.0 Å². The highest BCUT2D eigenvalue weighted by atomic mass is 32.2. The number of likely N-dealkylation sites (N-methyl/N-ethyl adjacent to an activating group) is 1. The van der Waals surface area contributed by atoms with E-state index in [0.717, 1.165) is 24.3 Å². The standard InChI is InChI=1S/C23H33F3N4O5S/c1-7-14(4)19(27)21(32)30(6)18(13(2)3)12-15(5)20(31)29-36(34,35)17-10-8-16(9-11-17)28-22(33)23(24,25)26/h8-14,18-19H,7,27H2,1-6H3,(H,28,33)(H,29,31)/t14-,18?,19-/m0/s1. The first-order valence-electron chi connectivity index (χ1n) is 11.2. The SMILES string of the molecule is CC[C@H](C)[C@H](N)C(=O)N(C)C(C=C(C)C(=O)NS(=O)(=O)c1ccc(NC(=O)C(F)(F)F)cc1)C(C)C. The number of nitrogens with one attached hydrogen (secondary N) is 2. The second-order valence-corrected chi connectivity index (χ2v) is 10.5. The highest BCUT2D eigenvalue weighted by Gasteiger charge is 2.38. The van der Waals surface area contributed by atoms with E-state index in [9.17, 15) is 36.0 Å². The Labute approximate surface area is 209 Å². The van der Waals surface area contributed by atoms with Crippen LogP contribution in [0.3, 0.4) is 0 Å². The topological polar surface area (TPSA) is 139 Å². The van der Waals surface area contributed by atoms with Crippen LogP contribution in [0.1, 0.15) is 41.0 Å². The van der Waals surface area contributed by atoms with E-state index in [1.165, 1.54) is 17.9 Å². The third-order valence-corrected chi connectivity index (χ3v) is 7.05. The number of rotatable bonds is 10. The van der Waals surface area contributed by atoms with Gasteiger partial charge in [-0.25, -0.2) is 13.1 Å². The van der Waals surface area contributed by atoms with Gasteiger partial charge in [-0.2, -0.15) is 13.2 Å². The Morgan fingerprint density at radius 2 is 1.64 bits per heavy atom. The Balaban J connectivity index is 3.04. The van der Waals surface area contributed by atoms with Gasteiger partial charge in [0.15, 0.2) is 0 Å². The van der Waals surface area contributed by atoms with Crippen molar-refractivity contribution in [2.24, 2.45) is 17.6 Å². The first-order chi connectivity index (χ1) is 16.4. The van der Waals surface area contributed by atoms with Gasteiger partial charge in [0.05, 0.1) is 17.0 Å². The predicted octanol–water partition coefficient (Wildman–Crippen LogP) is 2.80. The molecular formula is C23H33F3N4O5S. The molecule has 0 aliphatic heterocycles. The maximum Gasteiger partial charge on any atom is 0.471 e. The summed E-state index contributed by atoms with van der Waals surface area (Å²) in [4.78, 5) is 37.4. The number of hydrogen-bond acceptors (Lipinski definition) is 6. The first kappa shape index (κ1) is 31.1. The molecule has 0 bridgehead atoms. The van der Waals surface area contributed by atoms with Crippen LogP contribution in [0.25, 0.3) is 0 Å². The molecule has 0 spiro atoms. The maximum absolute atomic E-state index is 12.8. The summed E-state index contributed by atoms with van der Waals surface area (Å²) in [5.74, 6) is -3.64. The number of nitrogens with two attached hydrogens (primary N) is 1. The van der Waals surface area contributed by atoms with Gasteiger partial charge >= 0.3 is 12.1 Å². The predicted molar refractivity (Wildman–Crippen MR) is 129 cm³/mol. The van der Waals surface area contributed by atoms with E-state index in [2.05, 4.69) is 0 Å². The van der Waals surface area contributed by atoms with E-state index in [1.807, 2.05) is 32.4 Å². The van der Waals surface area contributed by atoms with Gasteiger partial charge in [0.1, 0.15) is 0 Å². The van der Waals surface area contributed by atoms with E-state index in [4.69, 9.17) is 5.73 Å². The molecule has 9 nitrogen and oxygen atoms in total. The van der Waals surface area contributed by atoms with Crippen LogP contribution in [0.15, 0.2) is 40.8 Å². The van der Waals surface area contributed by atoms with Crippen LogP contribution >= 0.6 is 0 Å². The van der Waals surface area contributed by atoms with E-state index in [1.54, 1.807) is 12.4 Å². The van der Waals surface area contributed by atoms with E-state index >= 15 is 0 Å². The minimum Gasteiger partial charge on any atom is -0.338 e. The van der Waals surface area contributed by atoms with Crippen LogP contribution in [0, 0.1) is 11.8 Å². The van der Waals surface area contributed by atoms with Crippen molar-refractivity contribution in [1.82, 2.24) is 9.62 Å². The summed E-state index contributed by atoms with van der Waals surface area (Å²) < 4.78 is 64.1. The molecule has 202 valence electrons. The third-order valence-electron chi connectivity index (χ3n) is 5.71. The van der Waals surface area contributed by atoms with Gasteiger partial charge < -0.3 is 16.0 Å². The molecule has 36 heavy (non-hydrogen) atoms. The smallest absolute Gasteiger partial charge is 0.338 e. The molecule has 1 rings (SSSR count). The fourth-order valence-corrected chi connectivity index (χ4v) is 4.16. The number of anilines is 1. The summed E-state index contributed by atoms with van der Waals surface area (Å²) in [6.45, 7) is 8.83. The fourth-order valence-electron chi connectivity index (χ4n) is 3.14. The lowest BCUT2D eigenvalue weighted by Gasteiger charge is -2.32. The van der Waals surface area contributed by atoms with Crippen molar-refractivity contribution in [3.8, 4) is 0 Å². The largest absolute Gasteiger partial charge is 0.471 e. The van der Waals surface area contributed by atoms with Gasteiger partial charge in [0.2, 0.25) is 5.91 Å². The van der Waals surface area contributed by atoms with Crippen LogP contribution in [0.2, 0.25) is 0 Å². The number of alkyl halides is 3. The van der Waals surface area contributed by atoms with Gasteiger partial charge in [0.25, 0.3) is 15.9 Å². The van der Waals surface area contributed by atoms with Crippen molar-refractivity contribution < 1.29 is 36.0 Å². The molecule has 0 aromatic heterocycles. The van der Waals surface area contributed by atoms with Gasteiger partial charge in [0, 0.05) is 18.3 Å². The molecule has 0 radical (unpaired) electrons. The summed E-state index contributed by atoms with van der Waals surface area (Å²) in [5, 5.41) is 1.59. The summed E-state index contributed by atoms with van der Waals surface area (Å²) in [6, 6.07) is 2.54. The van der Waals surface area contributed by atoms with Gasteiger partial charge in [-0.1, -0.05) is 40.2 Å². The van der Waals surface area contributed by atoms with Crippen molar-refractivity contribution in [3.05, 3.63) is 35.9 Å². The van der Waals surface area contributed by atoms with Gasteiger partial charge in [-0.15, -0.1) is 0 Å². The molecule has 0 saturated carbocycles. The number of carbonyl (C=O) groups excluding carboxylic acids is 3. The molecule has 0 heterocycles. The number of carbonyl (C=O) groups is 3. The number of benzene rings is 1. The quantitative estimate of drug-likeness (QED) is 0.395. The lowest BCUT2D eigenvalue weighted by molar-refractivity contribution is -0.167. The molecule has 1 aromatic carbocycles. The molecule has 4 N–H and O–H groups in total. The van der Waals surface area contributed by atoms with E-state index < -0.39 is 45.0 Å². The maximum atomic E-state index is 12.8. The first-order valence-corrected chi connectivity index (χ1v) is 12.7. The van der Waals surface area contributed by atoms with Crippen LogP contribution in [-0.4, -0.2) is 56.3 Å². The molecule has 1 unspecified atom stereocenters. The summed E-state index contributed by atoms with van der Waals surface area (Å²) >= 11 is 0. The second kappa shape index (κ2) is 12.3. The van der Waals surface area contributed by atoms with Crippen molar-refractivity contribution in [1.29, 1.82) is 0 Å². The van der Waals surface area contributed by atoms with Gasteiger partial charge in [-0.3, -0.25) is 14.4 Å². The van der Waals surface area contributed by atoms with Crippen molar-refractivity contribution in [2.75, 3.05) is 12.4 Å². The van der Waals surface area contributed by atoms with Crippen LogP contribution in [-0.2, 0) is 24.4 Å². The molecule has 1 aromatic rings. The molecule has 3 atom stereocenters. The minimum absolute atomic E-state index is 0.0306. The number of halogens is 3. The molecule has 0 saturated heterocycles. The zero-order valence-electron chi connectivity index (χ0n) is 21.0. The lowest BCUT2D eigenvalue weighted by atomic mass is 9.95. The molecule has 13 heteroatoms. The Hall–Kier alpha value is -2.93. The van der Waals surface area contributed by atoms with Crippen LogP contribution < -0.4 is 15.8 Å². The second-order valence-electron chi connectivity index (χ2n) is 8.86. The Kier molecular flexibility index (Phi) is 10.7. The van der Waals surface area contributed by atoms with Crippen molar-refractivity contribution in [3.63, 3.8) is 0 Å². The summed E-state index contributed by atoms with van der Waals surface area (Å²) in [5.41, 5.74) is 5.81. The van der Waals surface area contributed by atoms with Crippen LogP contribution in [0.5, 0.6) is 0 Å². The third kappa shape index (κ3) is 8.33. The zero-order chi connectivity index (χ0) is 28.0. The number of amides is 3. The van der Waals surface area contributed by atoms with E-state index in [0.29, 0.717) is 6.42 Å². The van der Waals surface area contributed by atoms with Crippen LogP contribution in [0.4, 0.5) is 18.9 Å². The fraction of sp³-hybridized carbons (Fsp3) is 0.522. The zero-order valence-corrected chi connectivity index (χ0v) is 21.8. The van der Waals surface area contributed by atoms with Crippen molar-refractivity contribution in [2.45, 2.75) is 64.2 Å². The molecule has 0 aliphatic rings. The lowest BCUT2D eigenvalue weighted by Crippen LogP contribution is -2.50. The Morgan fingerprint density at radius 1 is 1.11 bits per heavy atom. The average Bonchev–Trinajstić information content (AvgIpc) is 2.79. The minimum atomic E-state index is -5.10. The molecule has 3 amide bonds. The highest BCUT2D eigenvalue weighted by molar-refractivity contribution is 7.90. The number of sulfonamides is 1. The molecule has 0 fully saturated rings. The Bertz CT molecular complexity index is 1090. The summed E-state index contributed by atoms with van der Waals surface area (Å²) in [7, 11) is -2.81. The number of nitrogens with zero attached hydrogens (tertiary/aromatic N) is 1. The average molecular weight is 535 g/mol. The molecular weight excluding hydrogens is 501 g/mol. The summed E-state index contributed by atoms with van der Waals surface area (Å²) in [6.07, 6.45) is -2.92.